The summed E-state index contributed by atoms with van der Waals surface area (Å²) >= 11 is 0. The molecule has 1 aromatic carbocycles. The Kier molecular flexibility index (Phi) is 4.49. The van der Waals surface area contributed by atoms with Crippen LogP contribution in [0.15, 0.2) is 30.3 Å². The Morgan fingerprint density at radius 1 is 1.17 bits per heavy atom. The fourth-order valence-corrected chi connectivity index (χ4v) is 6.93. The van der Waals surface area contributed by atoms with Crippen molar-refractivity contribution in [3.05, 3.63) is 35.9 Å². The highest BCUT2D eigenvalue weighted by Crippen LogP contribution is 2.61. The van der Waals surface area contributed by atoms with Gasteiger partial charge in [0.1, 0.15) is 0 Å². The van der Waals surface area contributed by atoms with Crippen LogP contribution in [0.2, 0.25) is 0 Å². The molecule has 18 heavy (non-hydrogen) atoms. The van der Waals surface area contributed by atoms with E-state index in [0.29, 0.717) is 5.16 Å². The molecule has 0 amide bonds. The normalized spacial score (nSPS) is 29.2. The van der Waals surface area contributed by atoms with E-state index in [2.05, 4.69) is 58.0 Å². The fraction of sp³-hybridized carbons (Fsp3) is 0.647. The third-order valence-corrected chi connectivity index (χ3v) is 8.82. The standard InChI is InChI=1S/C17H27P/c1-5-17(3,4)18-13-16(12-11-14(18)2)15-9-7-6-8-10-15/h6-10,14,16H,5,11-13H2,1-4H3/t14-,16-,18?/m1/s1. The highest BCUT2D eigenvalue weighted by atomic mass is 31.1. The zero-order valence-electron chi connectivity index (χ0n) is 12.3. The Morgan fingerprint density at radius 2 is 1.83 bits per heavy atom. The average Bonchev–Trinajstić information content (AvgIpc) is 2.40. The van der Waals surface area contributed by atoms with Crippen molar-refractivity contribution in [2.75, 3.05) is 6.16 Å². The van der Waals surface area contributed by atoms with E-state index in [4.69, 9.17) is 0 Å². The molecule has 0 saturated carbocycles. The molecule has 1 heteroatoms. The van der Waals surface area contributed by atoms with Gasteiger partial charge in [0.05, 0.1) is 0 Å². The molecule has 1 aliphatic rings. The lowest BCUT2D eigenvalue weighted by molar-refractivity contribution is 0.570. The number of hydrogen-bond donors (Lipinski definition) is 0. The predicted octanol–water partition coefficient (Wildman–Crippen LogP) is 5.62. The lowest BCUT2D eigenvalue weighted by Crippen LogP contribution is -2.29. The Labute approximate surface area is 114 Å². The van der Waals surface area contributed by atoms with Gasteiger partial charge >= 0.3 is 0 Å². The molecule has 1 unspecified atom stereocenters. The van der Waals surface area contributed by atoms with Gasteiger partial charge in [0.2, 0.25) is 0 Å². The van der Waals surface area contributed by atoms with E-state index in [1.807, 2.05) is 0 Å². The molecule has 0 aromatic heterocycles. The van der Waals surface area contributed by atoms with Crippen LogP contribution in [-0.2, 0) is 0 Å². The first kappa shape index (κ1) is 14.1. The maximum absolute atomic E-state index is 2.49. The zero-order valence-corrected chi connectivity index (χ0v) is 13.2. The number of hydrogen-bond acceptors (Lipinski definition) is 0. The van der Waals surface area contributed by atoms with E-state index >= 15 is 0 Å². The van der Waals surface area contributed by atoms with Crippen molar-refractivity contribution in [3.63, 3.8) is 0 Å². The topological polar surface area (TPSA) is 0 Å². The summed E-state index contributed by atoms with van der Waals surface area (Å²) in [5.41, 5.74) is 2.53. The van der Waals surface area contributed by atoms with E-state index in [9.17, 15) is 0 Å². The average molecular weight is 262 g/mol. The van der Waals surface area contributed by atoms with E-state index < -0.39 is 0 Å². The van der Waals surface area contributed by atoms with Crippen LogP contribution in [0.4, 0.5) is 0 Å². The van der Waals surface area contributed by atoms with Crippen LogP contribution in [0.25, 0.3) is 0 Å². The highest BCUT2D eigenvalue weighted by Gasteiger charge is 2.36. The van der Waals surface area contributed by atoms with Gasteiger partial charge in [-0.3, -0.25) is 0 Å². The summed E-state index contributed by atoms with van der Waals surface area (Å²) in [5, 5.41) is 0.558. The quantitative estimate of drug-likeness (QED) is 0.620. The van der Waals surface area contributed by atoms with Gasteiger partial charge in [-0.2, -0.15) is 0 Å². The van der Waals surface area contributed by atoms with Crippen molar-refractivity contribution in [2.45, 2.75) is 63.7 Å². The van der Waals surface area contributed by atoms with Crippen LogP contribution in [0.5, 0.6) is 0 Å². The summed E-state index contributed by atoms with van der Waals surface area (Å²) in [6.07, 6.45) is 5.59. The Hall–Kier alpha value is -0.350. The molecule has 0 spiro atoms. The van der Waals surface area contributed by atoms with Gasteiger partial charge in [-0.1, -0.05) is 65.9 Å². The van der Waals surface area contributed by atoms with E-state index in [1.165, 1.54) is 25.4 Å². The summed E-state index contributed by atoms with van der Waals surface area (Å²) < 4.78 is 0. The molecule has 3 atom stereocenters. The van der Waals surface area contributed by atoms with E-state index in [1.54, 1.807) is 5.56 Å². The number of benzene rings is 1. The predicted molar refractivity (Wildman–Crippen MR) is 84.0 cm³/mol. The molecule has 0 radical (unpaired) electrons. The van der Waals surface area contributed by atoms with Gasteiger partial charge in [-0.05, 0) is 47.7 Å². The summed E-state index contributed by atoms with van der Waals surface area (Å²) in [7, 11) is 0.161. The molecule has 1 aliphatic heterocycles. The minimum absolute atomic E-state index is 0.161. The van der Waals surface area contributed by atoms with Gasteiger partial charge in [-0.15, -0.1) is 0 Å². The van der Waals surface area contributed by atoms with Crippen molar-refractivity contribution < 1.29 is 0 Å². The smallest absolute Gasteiger partial charge is 0.0122 e. The van der Waals surface area contributed by atoms with Crippen LogP contribution >= 0.6 is 7.92 Å². The fourth-order valence-electron chi connectivity index (χ4n) is 3.15. The molecule has 1 fully saturated rings. The van der Waals surface area contributed by atoms with Crippen molar-refractivity contribution in [1.82, 2.24) is 0 Å². The third kappa shape index (κ3) is 2.97. The van der Waals surface area contributed by atoms with Crippen molar-refractivity contribution in [1.29, 1.82) is 0 Å². The molecule has 1 saturated heterocycles. The summed E-state index contributed by atoms with van der Waals surface area (Å²) in [6, 6.07) is 11.2. The molecular weight excluding hydrogens is 235 g/mol. The van der Waals surface area contributed by atoms with Crippen molar-refractivity contribution in [2.24, 2.45) is 0 Å². The molecular formula is C17H27P. The summed E-state index contributed by atoms with van der Waals surface area (Å²) in [4.78, 5) is 0. The maximum Gasteiger partial charge on any atom is -0.0122 e. The van der Waals surface area contributed by atoms with Crippen molar-refractivity contribution in [3.8, 4) is 0 Å². The Morgan fingerprint density at radius 3 is 2.44 bits per heavy atom. The van der Waals surface area contributed by atoms with Crippen LogP contribution < -0.4 is 0 Å². The Balaban J connectivity index is 2.14. The minimum atomic E-state index is 0.161. The van der Waals surface area contributed by atoms with Crippen LogP contribution in [0, 0.1) is 0 Å². The molecule has 1 aromatic rings. The Bertz CT molecular complexity index is 368. The summed E-state index contributed by atoms with van der Waals surface area (Å²) in [6.45, 7) is 9.83. The second-order valence-corrected chi connectivity index (χ2v) is 9.75. The molecule has 2 rings (SSSR count). The summed E-state index contributed by atoms with van der Waals surface area (Å²) in [5.74, 6) is 0.819. The van der Waals surface area contributed by atoms with Crippen LogP contribution in [-0.4, -0.2) is 17.0 Å². The SMILES string of the molecule is CCC(C)(C)P1C[C@H](c2ccccc2)CC[C@H]1C. The molecule has 0 bridgehead atoms. The minimum Gasteiger partial charge on any atom is -0.0974 e. The molecule has 1 heterocycles. The molecule has 0 N–H and O–H groups in total. The van der Waals surface area contributed by atoms with Gasteiger partial charge in [0, 0.05) is 0 Å². The molecule has 100 valence electrons. The maximum atomic E-state index is 2.49. The first-order chi connectivity index (χ1) is 8.54. The highest BCUT2D eigenvalue weighted by molar-refractivity contribution is 7.60. The monoisotopic (exact) mass is 262 g/mol. The van der Waals surface area contributed by atoms with Gasteiger partial charge in [-0.25, -0.2) is 0 Å². The third-order valence-electron chi connectivity index (χ3n) is 4.80. The first-order valence-electron chi connectivity index (χ1n) is 7.36. The largest absolute Gasteiger partial charge is 0.0974 e. The van der Waals surface area contributed by atoms with Crippen LogP contribution in [0.1, 0.15) is 58.4 Å². The van der Waals surface area contributed by atoms with Gasteiger partial charge < -0.3 is 0 Å². The van der Waals surface area contributed by atoms with Gasteiger partial charge in [0.15, 0.2) is 0 Å². The van der Waals surface area contributed by atoms with E-state index in [-0.39, 0.29) is 7.92 Å². The first-order valence-corrected chi connectivity index (χ1v) is 8.96. The lowest BCUT2D eigenvalue weighted by atomic mass is 9.95. The zero-order chi connectivity index (χ0) is 13.2. The molecule has 0 aliphatic carbocycles. The number of rotatable bonds is 3. The van der Waals surface area contributed by atoms with E-state index in [0.717, 1.165) is 11.6 Å². The van der Waals surface area contributed by atoms with Gasteiger partial charge in [0.25, 0.3) is 0 Å². The second kappa shape index (κ2) is 5.74. The van der Waals surface area contributed by atoms with Crippen molar-refractivity contribution >= 4 is 7.92 Å². The second-order valence-electron chi connectivity index (χ2n) is 6.35. The van der Waals surface area contributed by atoms with Crippen LogP contribution in [0.3, 0.4) is 0 Å². The lowest BCUT2D eigenvalue weighted by Gasteiger charge is -2.44. The molecule has 0 nitrogen and oxygen atoms in total.